The van der Waals surface area contributed by atoms with Crippen LogP contribution in [-0.4, -0.2) is 48.7 Å². The number of carbonyl (C=O) groups excluding carboxylic acids is 1. The molecular formula is C19H37NO4. The van der Waals surface area contributed by atoms with Crippen LogP contribution in [0.15, 0.2) is 0 Å². The molecule has 1 N–H and O–H groups in total. The molecular weight excluding hydrogens is 306 g/mol. The molecule has 0 saturated heterocycles. The lowest BCUT2D eigenvalue weighted by atomic mass is 10.0. The zero-order valence-corrected chi connectivity index (χ0v) is 15.9. The van der Waals surface area contributed by atoms with E-state index >= 15 is 0 Å². The van der Waals surface area contributed by atoms with Gasteiger partial charge in [0.15, 0.2) is 0 Å². The van der Waals surface area contributed by atoms with Gasteiger partial charge in [-0.3, -0.25) is 4.79 Å². The molecule has 5 nitrogen and oxygen atoms in total. The van der Waals surface area contributed by atoms with Crippen molar-refractivity contribution in [2.75, 3.05) is 21.1 Å². The van der Waals surface area contributed by atoms with Gasteiger partial charge in [-0.2, -0.15) is 0 Å². The molecule has 0 saturated carbocycles. The Bertz CT molecular complexity index is 350. The Labute approximate surface area is 147 Å². The van der Waals surface area contributed by atoms with Crippen LogP contribution < -0.4 is 5.11 Å². The lowest BCUT2D eigenvalue weighted by Gasteiger charge is -2.34. The maximum Gasteiger partial charge on any atom is 0.303 e. The Kier molecular flexibility index (Phi) is 12.6. The highest BCUT2D eigenvalue weighted by Crippen LogP contribution is 2.15. The van der Waals surface area contributed by atoms with Crippen molar-refractivity contribution in [1.82, 2.24) is 0 Å². The van der Waals surface area contributed by atoms with Gasteiger partial charge in [0.1, 0.15) is 6.04 Å². The van der Waals surface area contributed by atoms with Crippen molar-refractivity contribution in [2.45, 2.75) is 89.5 Å². The van der Waals surface area contributed by atoms with Crippen molar-refractivity contribution in [1.29, 1.82) is 0 Å². The Hall–Kier alpha value is -1.10. The second kappa shape index (κ2) is 13.2. The molecule has 0 fully saturated rings. The minimum atomic E-state index is -0.939. The first kappa shape index (κ1) is 22.9. The third-order valence-electron chi connectivity index (χ3n) is 4.58. The second-order valence-electron chi connectivity index (χ2n) is 7.77. The summed E-state index contributed by atoms with van der Waals surface area (Å²) in [6.45, 7) is 0. The fourth-order valence-electron chi connectivity index (χ4n) is 3.03. The summed E-state index contributed by atoms with van der Waals surface area (Å²) in [5.74, 6) is -1.63. The molecule has 24 heavy (non-hydrogen) atoms. The lowest BCUT2D eigenvalue weighted by Crippen LogP contribution is -2.54. The van der Waals surface area contributed by atoms with Gasteiger partial charge < -0.3 is 19.5 Å². The summed E-state index contributed by atoms with van der Waals surface area (Å²) in [6.07, 6.45) is 13.4. The van der Waals surface area contributed by atoms with E-state index in [0.717, 1.165) is 32.1 Å². The van der Waals surface area contributed by atoms with E-state index in [1.54, 1.807) is 0 Å². The van der Waals surface area contributed by atoms with Crippen LogP contribution in [0.1, 0.15) is 83.5 Å². The van der Waals surface area contributed by atoms with Crippen LogP contribution in [0.5, 0.6) is 0 Å². The predicted octanol–water partition coefficient (Wildman–Crippen LogP) is 2.97. The van der Waals surface area contributed by atoms with Gasteiger partial charge in [-0.15, -0.1) is 0 Å². The summed E-state index contributed by atoms with van der Waals surface area (Å²) in [4.78, 5) is 21.5. The Balaban J connectivity index is 3.39. The van der Waals surface area contributed by atoms with E-state index < -0.39 is 18.0 Å². The minimum absolute atomic E-state index is 0.299. The third-order valence-corrected chi connectivity index (χ3v) is 4.58. The number of aliphatic carboxylic acids is 2. The first-order valence-corrected chi connectivity index (χ1v) is 9.49. The van der Waals surface area contributed by atoms with Gasteiger partial charge in [0.2, 0.25) is 0 Å². The molecule has 5 heteroatoms. The summed E-state index contributed by atoms with van der Waals surface area (Å²) < 4.78 is 0.425. The maximum atomic E-state index is 11.2. The van der Waals surface area contributed by atoms with Gasteiger partial charge in [-0.05, 0) is 12.8 Å². The van der Waals surface area contributed by atoms with E-state index in [-0.39, 0.29) is 0 Å². The first-order chi connectivity index (χ1) is 11.2. The predicted molar refractivity (Wildman–Crippen MR) is 94.5 cm³/mol. The quantitative estimate of drug-likeness (QED) is 0.345. The molecule has 0 rings (SSSR count). The van der Waals surface area contributed by atoms with Crippen molar-refractivity contribution >= 4 is 11.9 Å². The number of nitrogens with zero attached hydrogens (tertiary/aromatic N) is 1. The summed E-state index contributed by atoms with van der Waals surface area (Å²) in [7, 11) is 5.71. The van der Waals surface area contributed by atoms with Crippen molar-refractivity contribution < 1.29 is 24.3 Å². The minimum Gasteiger partial charge on any atom is -0.544 e. The number of carbonyl (C=O) groups is 2. The van der Waals surface area contributed by atoms with Crippen molar-refractivity contribution in [2.24, 2.45) is 0 Å². The number of likely N-dealkylation sites (N-methyl/N-ethyl adjacent to an activating group) is 1. The Morgan fingerprint density at radius 3 is 1.50 bits per heavy atom. The number of quaternary nitrogens is 1. The molecule has 1 atom stereocenters. The van der Waals surface area contributed by atoms with Crippen molar-refractivity contribution in [3.8, 4) is 0 Å². The summed E-state index contributed by atoms with van der Waals surface area (Å²) >= 11 is 0. The number of carboxylic acid groups (broad SMARTS) is 2. The SMILES string of the molecule is C[N+](C)(C)C(CCCCCCCCCCCCCC(=O)O)C(=O)[O-]. The summed E-state index contributed by atoms with van der Waals surface area (Å²) in [5.41, 5.74) is 0. The van der Waals surface area contributed by atoms with Gasteiger partial charge in [0, 0.05) is 12.8 Å². The first-order valence-electron chi connectivity index (χ1n) is 9.49. The highest BCUT2D eigenvalue weighted by Gasteiger charge is 2.24. The number of hydrogen-bond acceptors (Lipinski definition) is 3. The molecule has 0 aromatic carbocycles. The second-order valence-corrected chi connectivity index (χ2v) is 7.77. The maximum absolute atomic E-state index is 11.2. The number of unbranched alkanes of at least 4 members (excludes halogenated alkanes) is 10. The molecule has 0 aromatic heterocycles. The molecule has 0 aliphatic carbocycles. The van der Waals surface area contributed by atoms with Crippen LogP contribution in [0.4, 0.5) is 0 Å². The van der Waals surface area contributed by atoms with Gasteiger partial charge in [-0.1, -0.05) is 57.8 Å². The van der Waals surface area contributed by atoms with Crippen LogP contribution in [0.2, 0.25) is 0 Å². The van der Waals surface area contributed by atoms with E-state index in [4.69, 9.17) is 5.11 Å². The van der Waals surface area contributed by atoms with Crippen LogP contribution >= 0.6 is 0 Å². The van der Waals surface area contributed by atoms with Gasteiger partial charge in [-0.25, -0.2) is 0 Å². The molecule has 142 valence electrons. The van der Waals surface area contributed by atoms with E-state index in [9.17, 15) is 14.7 Å². The molecule has 0 aliphatic heterocycles. The van der Waals surface area contributed by atoms with Crippen LogP contribution in [0, 0.1) is 0 Å². The Morgan fingerprint density at radius 1 is 0.792 bits per heavy atom. The standard InChI is InChI=1S/C19H37NO4/c1-20(2,3)17(19(23)24)15-13-11-9-7-5-4-6-8-10-12-14-16-18(21)22/h17H,4-16H2,1-3H3,(H-,21,22,23,24). The van der Waals surface area contributed by atoms with E-state index in [2.05, 4.69) is 0 Å². The molecule has 0 aromatic rings. The molecule has 0 amide bonds. The van der Waals surface area contributed by atoms with Crippen LogP contribution in [0.3, 0.4) is 0 Å². The smallest absolute Gasteiger partial charge is 0.303 e. The normalized spacial score (nSPS) is 13.0. The zero-order valence-electron chi connectivity index (χ0n) is 15.9. The molecule has 0 heterocycles. The lowest BCUT2D eigenvalue weighted by molar-refractivity contribution is -0.889. The van der Waals surface area contributed by atoms with E-state index in [1.807, 2.05) is 21.1 Å². The highest BCUT2D eigenvalue weighted by atomic mass is 16.4. The zero-order chi connectivity index (χ0) is 18.4. The Morgan fingerprint density at radius 2 is 1.17 bits per heavy atom. The van der Waals surface area contributed by atoms with E-state index in [0.29, 0.717) is 17.3 Å². The number of rotatable bonds is 16. The fraction of sp³-hybridized carbons (Fsp3) is 0.895. The summed E-state index contributed by atoms with van der Waals surface area (Å²) in [6, 6.07) is -0.411. The molecule has 0 aliphatic rings. The molecule has 1 unspecified atom stereocenters. The van der Waals surface area contributed by atoms with Gasteiger partial charge in [0.05, 0.1) is 27.1 Å². The average molecular weight is 344 g/mol. The molecule has 0 spiro atoms. The molecule has 0 bridgehead atoms. The third kappa shape index (κ3) is 13.3. The monoisotopic (exact) mass is 343 g/mol. The largest absolute Gasteiger partial charge is 0.544 e. The molecule has 0 radical (unpaired) electrons. The van der Waals surface area contributed by atoms with E-state index in [1.165, 1.54) is 38.5 Å². The summed E-state index contributed by atoms with van der Waals surface area (Å²) in [5, 5.41) is 19.7. The van der Waals surface area contributed by atoms with Crippen LogP contribution in [0.25, 0.3) is 0 Å². The average Bonchev–Trinajstić information content (AvgIpc) is 2.45. The van der Waals surface area contributed by atoms with Gasteiger partial charge >= 0.3 is 5.97 Å². The van der Waals surface area contributed by atoms with Crippen LogP contribution in [-0.2, 0) is 9.59 Å². The van der Waals surface area contributed by atoms with Crippen molar-refractivity contribution in [3.05, 3.63) is 0 Å². The van der Waals surface area contributed by atoms with Crippen molar-refractivity contribution in [3.63, 3.8) is 0 Å². The number of hydrogen-bond donors (Lipinski definition) is 1. The fourth-order valence-corrected chi connectivity index (χ4v) is 3.03. The van der Waals surface area contributed by atoms with Gasteiger partial charge in [0.25, 0.3) is 0 Å². The highest BCUT2D eigenvalue weighted by molar-refractivity contribution is 5.69. The topological polar surface area (TPSA) is 77.4 Å². The number of carboxylic acids is 2.